The van der Waals surface area contributed by atoms with Gasteiger partial charge in [0.25, 0.3) is 11.8 Å². The minimum absolute atomic E-state index is 0.162. The van der Waals surface area contributed by atoms with Crippen molar-refractivity contribution in [3.05, 3.63) is 56.8 Å². The molecule has 1 N–H and O–H groups in total. The van der Waals surface area contributed by atoms with Gasteiger partial charge in [0.15, 0.2) is 0 Å². The minimum atomic E-state index is -0.321. The lowest BCUT2D eigenvalue weighted by atomic mass is 10.1. The van der Waals surface area contributed by atoms with Crippen LogP contribution in [0.1, 0.15) is 50.4 Å². The Bertz CT molecular complexity index is 990. The number of halogens is 1. The van der Waals surface area contributed by atoms with Gasteiger partial charge in [0.2, 0.25) is 5.91 Å². The van der Waals surface area contributed by atoms with Crippen molar-refractivity contribution < 1.29 is 19.1 Å². The monoisotopic (exact) mass is 459 g/mol. The molecule has 0 saturated heterocycles. The largest absolute Gasteiger partial charge is 0.496 e. The Hall–Kier alpha value is -2.74. The molecule has 152 valence electrons. The Kier molecular flexibility index (Phi) is 6.32. The molecule has 3 rings (SSSR count). The summed E-state index contributed by atoms with van der Waals surface area (Å²) in [5.41, 5.74) is 3.37. The molecule has 1 aromatic carbocycles. The van der Waals surface area contributed by atoms with E-state index in [1.54, 1.807) is 31.5 Å². The van der Waals surface area contributed by atoms with E-state index in [0.717, 1.165) is 27.0 Å². The molecule has 0 radical (unpaired) electrons. The van der Waals surface area contributed by atoms with Crippen LogP contribution in [0.4, 0.5) is 0 Å². The molecule has 1 aliphatic rings. The van der Waals surface area contributed by atoms with Crippen LogP contribution < -0.4 is 10.1 Å². The lowest BCUT2D eigenvalue weighted by molar-refractivity contribution is -0.121. The van der Waals surface area contributed by atoms with Gasteiger partial charge in [-0.05, 0) is 38.5 Å². The first-order chi connectivity index (χ1) is 13.8. The third-order valence-electron chi connectivity index (χ3n) is 4.92. The number of imide groups is 1. The third-order valence-corrected chi connectivity index (χ3v) is 5.41. The first-order valence-electron chi connectivity index (χ1n) is 9.25. The number of methoxy groups -OCH3 is 1. The molecule has 0 bridgehead atoms. The van der Waals surface area contributed by atoms with Crippen LogP contribution in [0.15, 0.2) is 28.9 Å². The maximum absolute atomic E-state index is 12.4. The van der Waals surface area contributed by atoms with E-state index in [4.69, 9.17) is 4.74 Å². The van der Waals surface area contributed by atoms with Crippen molar-refractivity contribution in [1.82, 2.24) is 15.2 Å². The second-order valence-electron chi connectivity index (χ2n) is 6.88. The molecule has 2 heterocycles. The zero-order valence-corrected chi connectivity index (χ0v) is 18.1. The van der Waals surface area contributed by atoms with E-state index in [2.05, 4.69) is 26.2 Å². The molecular formula is C21H22BrN3O4. The second-order valence-corrected chi connectivity index (χ2v) is 7.79. The number of nitrogens with zero attached hydrogens (tertiary/aromatic N) is 2. The van der Waals surface area contributed by atoms with E-state index in [0.29, 0.717) is 24.1 Å². The fraction of sp³-hybridized carbons (Fsp3) is 0.333. The van der Waals surface area contributed by atoms with Gasteiger partial charge in [0.1, 0.15) is 5.75 Å². The van der Waals surface area contributed by atoms with Crippen molar-refractivity contribution in [2.75, 3.05) is 13.7 Å². The number of amides is 3. The van der Waals surface area contributed by atoms with Crippen LogP contribution in [0.3, 0.4) is 0 Å². The summed E-state index contributed by atoms with van der Waals surface area (Å²) in [5, 5.41) is 2.83. The van der Waals surface area contributed by atoms with Gasteiger partial charge in [-0.25, -0.2) is 0 Å². The van der Waals surface area contributed by atoms with Crippen molar-refractivity contribution in [1.29, 1.82) is 0 Å². The van der Waals surface area contributed by atoms with Crippen molar-refractivity contribution in [3.63, 3.8) is 0 Å². The molecule has 3 amide bonds. The first-order valence-corrected chi connectivity index (χ1v) is 10.0. The lowest BCUT2D eigenvalue weighted by Gasteiger charge is -2.14. The molecule has 0 saturated carbocycles. The molecule has 0 fully saturated rings. The SMILES string of the molecule is COc1c(C)cnc(CNC(=O)CCCN2C(=O)c3ccc(Br)cc3C2=O)c1C. The molecule has 0 atom stereocenters. The summed E-state index contributed by atoms with van der Waals surface area (Å²) in [6, 6.07) is 5.02. The van der Waals surface area contributed by atoms with E-state index in [1.807, 2.05) is 13.8 Å². The van der Waals surface area contributed by atoms with E-state index in [-0.39, 0.29) is 30.7 Å². The molecule has 1 aliphatic heterocycles. The maximum atomic E-state index is 12.4. The van der Waals surface area contributed by atoms with Crippen LogP contribution in [0.5, 0.6) is 5.75 Å². The summed E-state index contributed by atoms with van der Waals surface area (Å²) in [4.78, 5) is 42.6. The van der Waals surface area contributed by atoms with E-state index in [9.17, 15) is 14.4 Å². The van der Waals surface area contributed by atoms with Gasteiger partial charge in [-0.3, -0.25) is 24.3 Å². The van der Waals surface area contributed by atoms with E-state index in [1.165, 1.54) is 4.90 Å². The van der Waals surface area contributed by atoms with Crippen LogP contribution in [-0.2, 0) is 11.3 Å². The van der Waals surface area contributed by atoms with Gasteiger partial charge >= 0.3 is 0 Å². The van der Waals surface area contributed by atoms with Gasteiger partial charge in [0.05, 0.1) is 30.5 Å². The topological polar surface area (TPSA) is 88.6 Å². The second kappa shape index (κ2) is 8.73. The normalized spacial score (nSPS) is 12.9. The predicted molar refractivity (Wildman–Crippen MR) is 111 cm³/mol. The Labute approximate surface area is 177 Å². The number of carbonyl (C=O) groups excluding carboxylic acids is 3. The van der Waals surface area contributed by atoms with E-state index >= 15 is 0 Å². The lowest BCUT2D eigenvalue weighted by Crippen LogP contribution is -2.32. The number of aromatic nitrogens is 1. The standard InChI is InChI=1S/C21H22BrN3O4/c1-12-10-23-17(13(2)19(12)29-3)11-24-18(26)5-4-8-25-20(27)15-7-6-14(22)9-16(15)21(25)28/h6-7,9-10H,4-5,8,11H2,1-3H3,(H,24,26). The number of pyridine rings is 1. The number of carbonyl (C=O) groups is 3. The highest BCUT2D eigenvalue weighted by Gasteiger charge is 2.35. The number of hydrogen-bond acceptors (Lipinski definition) is 5. The molecule has 8 heteroatoms. The highest BCUT2D eigenvalue weighted by atomic mass is 79.9. The van der Waals surface area contributed by atoms with Gasteiger partial charge in [-0.15, -0.1) is 0 Å². The summed E-state index contributed by atoms with van der Waals surface area (Å²) >= 11 is 3.31. The number of fused-ring (bicyclic) bond motifs is 1. The zero-order valence-electron chi connectivity index (χ0n) is 16.5. The molecule has 2 aromatic rings. The minimum Gasteiger partial charge on any atom is -0.496 e. The molecule has 0 spiro atoms. The average molecular weight is 460 g/mol. The Morgan fingerprint density at radius 2 is 1.93 bits per heavy atom. The van der Waals surface area contributed by atoms with E-state index < -0.39 is 0 Å². The van der Waals surface area contributed by atoms with Crippen LogP contribution in [0.2, 0.25) is 0 Å². The molecule has 1 aromatic heterocycles. The van der Waals surface area contributed by atoms with Crippen molar-refractivity contribution in [2.45, 2.75) is 33.2 Å². The van der Waals surface area contributed by atoms with Gasteiger partial charge < -0.3 is 10.1 Å². The summed E-state index contributed by atoms with van der Waals surface area (Å²) in [5.74, 6) is -0.0330. The summed E-state index contributed by atoms with van der Waals surface area (Å²) in [6.07, 6.45) is 2.31. The Balaban J connectivity index is 1.51. The van der Waals surface area contributed by atoms with Gasteiger partial charge in [-0.2, -0.15) is 0 Å². The predicted octanol–water partition coefficient (Wildman–Crippen LogP) is 3.16. The summed E-state index contributed by atoms with van der Waals surface area (Å²) < 4.78 is 6.12. The molecule has 0 unspecified atom stereocenters. The molecule has 7 nitrogen and oxygen atoms in total. The maximum Gasteiger partial charge on any atom is 0.261 e. The highest BCUT2D eigenvalue weighted by Crippen LogP contribution is 2.26. The quantitative estimate of drug-likeness (QED) is 0.642. The highest BCUT2D eigenvalue weighted by molar-refractivity contribution is 9.10. The number of hydrogen-bond donors (Lipinski definition) is 1. The molecule has 0 aliphatic carbocycles. The van der Waals surface area contributed by atoms with Crippen LogP contribution in [0.25, 0.3) is 0 Å². The average Bonchev–Trinajstić information content (AvgIpc) is 2.92. The van der Waals surface area contributed by atoms with Crippen LogP contribution >= 0.6 is 15.9 Å². The molecule has 29 heavy (non-hydrogen) atoms. The van der Waals surface area contributed by atoms with Gasteiger partial charge in [0, 0.05) is 34.8 Å². The number of ether oxygens (including phenoxy) is 1. The zero-order chi connectivity index (χ0) is 21.1. The molecular weight excluding hydrogens is 438 g/mol. The van der Waals surface area contributed by atoms with Crippen LogP contribution in [-0.4, -0.2) is 41.3 Å². The first kappa shape index (κ1) is 21.0. The number of rotatable bonds is 7. The van der Waals surface area contributed by atoms with Gasteiger partial charge in [-0.1, -0.05) is 15.9 Å². The number of benzene rings is 1. The summed E-state index contributed by atoms with van der Waals surface area (Å²) in [7, 11) is 1.61. The van der Waals surface area contributed by atoms with Crippen LogP contribution in [0, 0.1) is 13.8 Å². The Morgan fingerprint density at radius 1 is 1.21 bits per heavy atom. The van der Waals surface area contributed by atoms with Crippen molar-refractivity contribution in [3.8, 4) is 5.75 Å². The van der Waals surface area contributed by atoms with Crippen molar-refractivity contribution >= 4 is 33.7 Å². The van der Waals surface area contributed by atoms with Crippen molar-refractivity contribution in [2.24, 2.45) is 0 Å². The summed E-state index contributed by atoms with van der Waals surface area (Å²) in [6.45, 7) is 4.31. The smallest absolute Gasteiger partial charge is 0.261 e. The number of nitrogens with one attached hydrogen (secondary N) is 1. The fourth-order valence-electron chi connectivity index (χ4n) is 3.38. The third kappa shape index (κ3) is 4.32. The number of aryl methyl sites for hydroxylation is 1. The Morgan fingerprint density at radius 3 is 2.66 bits per heavy atom. The fourth-order valence-corrected chi connectivity index (χ4v) is 3.74.